The summed E-state index contributed by atoms with van der Waals surface area (Å²) in [6.45, 7) is 8.08. The average Bonchev–Trinajstić information content (AvgIpc) is 3.06. The Labute approximate surface area is 278 Å². The summed E-state index contributed by atoms with van der Waals surface area (Å²) in [5.41, 5.74) is 2.50. The molecule has 47 heavy (non-hydrogen) atoms. The normalized spacial score (nSPS) is 20.0. The van der Waals surface area contributed by atoms with Crippen LogP contribution >= 0.6 is 0 Å². The van der Waals surface area contributed by atoms with E-state index < -0.39 is 12.1 Å². The number of benzene rings is 2. The highest BCUT2D eigenvalue weighted by Gasteiger charge is 2.30. The highest BCUT2D eigenvalue weighted by Crippen LogP contribution is 2.29. The van der Waals surface area contributed by atoms with Gasteiger partial charge in [0.25, 0.3) is 5.91 Å². The Morgan fingerprint density at radius 1 is 1.09 bits per heavy atom. The van der Waals surface area contributed by atoms with E-state index in [1.54, 1.807) is 66.9 Å². The third-order valence-electron chi connectivity index (χ3n) is 8.35. The number of pyridine rings is 1. The molecule has 3 amide bonds. The van der Waals surface area contributed by atoms with E-state index in [2.05, 4.69) is 34.5 Å². The molecule has 11 heteroatoms. The molecular formula is C36H49N5O6. The van der Waals surface area contributed by atoms with Gasteiger partial charge in [-0.25, -0.2) is 4.79 Å². The molecule has 2 heterocycles. The minimum Gasteiger partial charge on any atom is -0.497 e. The monoisotopic (exact) mass is 647 g/mol. The molecule has 4 atom stereocenters. The molecule has 0 saturated heterocycles. The molecule has 1 aliphatic rings. The van der Waals surface area contributed by atoms with Gasteiger partial charge in [0, 0.05) is 55.9 Å². The number of amides is 3. The number of ether oxygens (including phenoxy) is 3. The lowest BCUT2D eigenvalue weighted by Crippen LogP contribution is -2.47. The van der Waals surface area contributed by atoms with Gasteiger partial charge in [-0.3, -0.25) is 14.7 Å². The van der Waals surface area contributed by atoms with E-state index in [1.165, 1.54) is 0 Å². The average molecular weight is 648 g/mol. The number of rotatable bonds is 9. The smallest absolute Gasteiger partial charge is 0.323 e. The van der Waals surface area contributed by atoms with Crippen molar-refractivity contribution in [3.8, 4) is 11.5 Å². The Balaban J connectivity index is 1.57. The Hall–Kier alpha value is -4.19. The molecule has 3 aromatic rings. The van der Waals surface area contributed by atoms with Crippen LogP contribution in [-0.2, 0) is 11.3 Å². The van der Waals surface area contributed by atoms with Crippen molar-refractivity contribution < 1.29 is 28.9 Å². The molecule has 254 valence electrons. The van der Waals surface area contributed by atoms with Crippen molar-refractivity contribution in [2.45, 2.75) is 64.8 Å². The number of carbonyl (C=O) groups is 2. The lowest BCUT2D eigenvalue weighted by molar-refractivity contribution is -0.0177. The number of hydrogen-bond acceptors (Lipinski definition) is 8. The van der Waals surface area contributed by atoms with Crippen LogP contribution in [0.3, 0.4) is 0 Å². The summed E-state index contributed by atoms with van der Waals surface area (Å²) in [6.07, 6.45) is 5.89. The third kappa shape index (κ3) is 10.7. The van der Waals surface area contributed by atoms with Crippen LogP contribution in [0.5, 0.6) is 11.5 Å². The van der Waals surface area contributed by atoms with Crippen molar-refractivity contribution in [2.24, 2.45) is 5.92 Å². The van der Waals surface area contributed by atoms with Crippen molar-refractivity contribution >= 4 is 23.3 Å². The number of likely N-dealkylation sites (N-methyl/N-ethyl adjacent to an activating group) is 1. The predicted octanol–water partition coefficient (Wildman–Crippen LogP) is 5.66. The number of fused-ring (bicyclic) bond motifs is 1. The standard InChI is InChI=1S/C36H49N5O6/c1-25-21-41(26(2)24-42)35(43)32-20-30(39-36(44)38-29-9-12-31(45-5)13-10-29)11-14-33(32)47-27(3)8-6-7-19-46-34(25)23-40(4)22-28-15-17-37-18-16-28/h9-18,20,25-27,34,42H,6-8,19,21-24H2,1-5H3,(H2,38,39,44)/t25-,26+,27-,34+/m1/s1. The van der Waals surface area contributed by atoms with E-state index in [-0.39, 0.29) is 30.6 Å². The van der Waals surface area contributed by atoms with E-state index in [4.69, 9.17) is 14.2 Å². The maximum absolute atomic E-state index is 14.4. The van der Waals surface area contributed by atoms with Crippen LogP contribution in [0.15, 0.2) is 67.0 Å². The van der Waals surface area contributed by atoms with Crippen molar-refractivity contribution in [3.05, 3.63) is 78.1 Å². The number of nitrogens with one attached hydrogen (secondary N) is 2. The molecule has 0 spiro atoms. The molecule has 0 aliphatic carbocycles. The molecule has 0 saturated carbocycles. The lowest BCUT2D eigenvalue weighted by Gasteiger charge is -2.36. The van der Waals surface area contributed by atoms with Crippen molar-refractivity contribution in [1.82, 2.24) is 14.8 Å². The largest absolute Gasteiger partial charge is 0.497 e. The molecule has 0 unspecified atom stereocenters. The summed E-state index contributed by atoms with van der Waals surface area (Å²) in [4.78, 5) is 35.3. The SMILES string of the molecule is COc1ccc(NC(=O)Nc2ccc3c(c2)C(=O)N([C@@H](C)CO)C[C@@H](C)[C@H](CN(C)Cc2ccncc2)OCCCC[C@@H](C)O3)cc1. The fourth-order valence-corrected chi connectivity index (χ4v) is 5.60. The molecule has 0 bridgehead atoms. The van der Waals surface area contributed by atoms with Gasteiger partial charge < -0.3 is 34.9 Å². The summed E-state index contributed by atoms with van der Waals surface area (Å²) in [5, 5.41) is 15.9. The number of aromatic nitrogens is 1. The van der Waals surface area contributed by atoms with Crippen molar-refractivity contribution in [3.63, 3.8) is 0 Å². The summed E-state index contributed by atoms with van der Waals surface area (Å²) in [7, 11) is 3.64. The second-order valence-electron chi connectivity index (χ2n) is 12.4. The maximum Gasteiger partial charge on any atom is 0.323 e. The van der Waals surface area contributed by atoms with Gasteiger partial charge in [0.05, 0.1) is 37.5 Å². The maximum atomic E-state index is 14.4. The molecule has 4 rings (SSSR count). The topological polar surface area (TPSA) is 125 Å². The predicted molar refractivity (Wildman–Crippen MR) is 183 cm³/mol. The summed E-state index contributed by atoms with van der Waals surface area (Å²) in [5.74, 6) is 0.783. The molecule has 1 aromatic heterocycles. The van der Waals surface area contributed by atoms with Crippen LogP contribution < -0.4 is 20.1 Å². The van der Waals surface area contributed by atoms with Gasteiger partial charge in [-0.15, -0.1) is 0 Å². The van der Waals surface area contributed by atoms with E-state index in [1.807, 2.05) is 26.0 Å². The Morgan fingerprint density at radius 2 is 1.79 bits per heavy atom. The van der Waals surface area contributed by atoms with Gasteiger partial charge in [-0.2, -0.15) is 0 Å². The number of aliphatic hydroxyl groups is 1. The van der Waals surface area contributed by atoms with E-state index in [9.17, 15) is 14.7 Å². The minimum atomic E-state index is -0.465. The van der Waals surface area contributed by atoms with Gasteiger partial charge in [-0.05, 0) is 100 Å². The van der Waals surface area contributed by atoms with Gasteiger partial charge in [0.15, 0.2) is 0 Å². The van der Waals surface area contributed by atoms with Gasteiger partial charge in [0.2, 0.25) is 0 Å². The molecule has 11 nitrogen and oxygen atoms in total. The van der Waals surface area contributed by atoms with Crippen LogP contribution in [-0.4, -0.2) is 90.5 Å². The minimum absolute atomic E-state index is 0.0457. The first kappa shape index (κ1) is 35.7. The lowest BCUT2D eigenvalue weighted by atomic mass is 10.0. The molecule has 1 aliphatic heterocycles. The van der Waals surface area contributed by atoms with Crippen LogP contribution in [0.2, 0.25) is 0 Å². The Bertz CT molecular complexity index is 1420. The number of aliphatic hydroxyl groups excluding tert-OH is 1. The first-order chi connectivity index (χ1) is 22.7. The van der Waals surface area contributed by atoms with E-state index in [0.717, 1.165) is 31.4 Å². The zero-order valence-corrected chi connectivity index (χ0v) is 28.1. The fourth-order valence-electron chi connectivity index (χ4n) is 5.60. The molecule has 3 N–H and O–H groups in total. The first-order valence-electron chi connectivity index (χ1n) is 16.3. The van der Waals surface area contributed by atoms with Crippen LogP contribution in [0.1, 0.15) is 56.0 Å². The van der Waals surface area contributed by atoms with Gasteiger partial charge >= 0.3 is 6.03 Å². The van der Waals surface area contributed by atoms with Crippen LogP contribution in [0.4, 0.5) is 16.2 Å². The molecular weight excluding hydrogens is 598 g/mol. The number of methoxy groups -OCH3 is 1. The summed E-state index contributed by atoms with van der Waals surface area (Å²) < 4.78 is 18.0. The number of nitrogens with zero attached hydrogens (tertiary/aromatic N) is 3. The molecule has 0 fully saturated rings. The zero-order valence-electron chi connectivity index (χ0n) is 28.1. The summed E-state index contributed by atoms with van der Waals surface area (Å²) in [6, 6.07) is 15.2. The number of urea groups is 1. The number of hydrogen-bond donors (Lipinski definition) is 3. The molecule has 2 aromatic carbocycles. The highest BCUT2D eigenvalue weighted by atomic mass is 16.5. The van der Waals surface area contributed by atoms with E-state index >= 15 is 0 Å². The second-order valence-corrected chi connectivity index (χ2v) is 12.4. The van der Waals surface area contributed by atoms with Crippen molar-refractivity contribution in [2.75, 3.05) is 51.1 Å². The highest BCUT2D eigenvalue weighted by molar-refractivity contribution is 6.02. The fraction of sp³-hybridized carbons (Fsp3) is 0.472. The van der Waals surface area contributed by atoms with Crippen LogP contribution in [0, 0.1) is 5.92 Å². The van der Waals surface area contributed by atoms with Gasteiger partial charge in [-0.1, -0.05) is 6.92 Å². The second kappa shape index (κ2) is 17.7. The third-order valence-corrected chi connectivity index (χ3v) is 8.35. The Morgan fingerprint density at radius 3 is 2.49 bits per heavy atom. The van der Waals surface area contributed by atoms with E-state index in [0.29, 0.717) is 48.1 Å². The zero-order chi connectivity index (χ0) is 33.8. The molecule has 0 radical (unpaired) electrons. The first-order valence-corrected chi connectivity index (χ1v) is 16.3. The number of carbonyl (C=O) groups excluding carboxylic acids is 2. The number of anilines is 2. The summed E-state index contributed by atoms with van der Waals surface area (Å²) >= 11 is 0. The van der Waals surface area contributed by atoms with Crippen molar-refractivity contribution in [1.29, 1.82) is 0 Å². The quantitative estimate of drug-likeness (QED) is 0.272. The Kier molecular flexibility index (Phi) is 13.4. The van der Waals surface area contributed by atoms with Gasteiger partial charge in [0.1, 0.15) is 11.5 Å². The van der Waals surface area contributed by atoms with Crippen LogP contribution in [0.25, 0.3) is 0 Å².